The predicted molar refractivity (Wildman–Crippen MR) is 137 cm³/mol. The first-order chi connectivity index (χ1) is 15.9. The van der Waals surface area contributed by atoms with Crippen LogP contribution in [0.1, 0.15) is 23.4 Å². The van der Waals surface area contributed by atoms with Gasteiger partial charge in [0.1, 0.15) is 0 Å². The Morgan fingerprint density at radius 1 is 1.00 bits per heavy atom. The zero-order valence-corrected chi connectivity index (χ0v) is 20.9. The lowest BCUT2D eigenvalue weighted by atomic mass is 10.1. The van der Waals surface area contributed by atoms with Gasteiger partial charge in [-0.15, -0.1) is 21.5 Å². The summed E-state index contributed by atoms with van der Waals surface area (Å²) in [5, 5.41) is 13.9. The van der Waals surface area contributed by atoms with Gasteiger partial charge in [0.25, 0.3) is 0 Å². The molecule has 0 fully saturated rings. The Labute approximate surface area is 203 Å². The Hall–Kier alpha value is -2.87. The average molecular weight is 483 g/mol. The summed E-state index contributed by atoms with van der Waals surface area (Å²) in [6.07, 6.45) is 0. The average Bonchev–Trinajstić information content (AvgIpc) is 3.30. The molecule has 0 bridgehead atoms. The fourth-order valence-corrected chi connectivity index (χ4v) is 5.06. The van der Waals surface area contributed by atoms with E-state index in [1.165, 1.54) is 20.9 Å². The third-order valence-electron chi connectivity index (χ3n) is 5.42. The molecule has 2 heterocycles. The van der Waals surface area contributed by atoms with Crippen LogP contribution in [-0.2, 0) is 6.54 Å². The Bertz CT molecular complexity index is 1270. The number of anilines is 1. The molecule has 8 heteroatoms. The van der Waals surface area contributed by atoms with E-state index in [9.17, 15) is 0 Å². The van der Waals surface area contributed by atoms with E-state index in [1.807, 2.05) is 12.1 Å². The highest BCUT2D eigenvalue weighted by Gasteiger charge is 2.17. The number of methoxy groups -OCH3 is 2. The van der Waals surface area contributed by atoms with Gasteiger partial charge in [-0.05, 0) is 56.4 Å². The highest BCUT2D eigenvalue weighted by atomic mass is 35.5. The van der Waals surface area contributed by atoms with Crippen LogP contribution in [0, 0.1) is 0 Å². The van der Waals surface area contributed by atoms with Crippen molar-refractivity contribution in [2.24, 2.45) is 0 Å². The summed E-state index contributed by atoms with van der Waals surface area (Å²) in [7, 11) is 7.38. The first-order valence-electron chi connectivity index (χ1n) is 10.6. The molecule has 4 rings (SSSR count). The lowest BCUT2D eigenvalue weighted by Crippen LogP contribution is -2.11. The van der Waals surface area contributed by atoms with E-state index in [2.05, 4.69) is 77.8 Å². The molecule has 0 radical (unpaired) electrons. The molecule has 0 aliphatic heterocycles. The van der Waals surface area contributed by atoms with Crippen LogP contribution in [0.25, 0.3) is 21.2 Å². The molecule has 1 N–H and O–H groups in total. The molecule has 172 valence electrons. The van der Waals surface area contributed by atoms with Crippen molar-refractivity contribution < 1.29 is 9.47 Å². The van der Waals surface area contributed by atoms with Crippen LogP contribution in [0.2, 0.25) is 5.15 Å². The van der Waals surface area contributed by atoms with Gasteiger partial charge >= 0.3 is 0 Å². The van der Waals surface area contributed by atoms with Crippen LogP contribution in [0.5, 0.6) is 11.5 Å². The second-order valence-corrected chi connectivity index (χ2v) is 9.53. The van der Waals surface area contributed by atoms with Crippen molar-refractivity contribution in [3.8, 4) is 21.9 Å². The lowest BCUT2D eigenvalue weighted by Gasteiger charge is -2.16. The van der Waals surface area contributed by atoms with E-state index in [-0.39, 0.29) is 6.04 Å². The van der Waals surface area contributed by atoms with Crippen molar-refractivity contribution in [2.45, 2.75) is 19.5 Å². The van der Waals surface area contributed by atoms with Crippen molar-refractivity contribution in [1.29, 1.82) is 0 Å². The van der Waals surface area contributed by atoms with Crippen LogP contribution < -0.4 is 14.8 Å². The molecule has 0 amide bonds. The smallest absolute Gasteiger partial charge is 0.161 e. The summed E-state index contributed by atoms with van der Waals surface area (Å²) in [4.78, 5) is 4.63. The Balaban J connectivity index is 1.65. The Morgan fingerprint density at radius 2 is 1.70 bits per heavy atom. The summed E-state index contributed by atoms with van der Waals surface area (Å²) in [5.41, 5.74) is 2.58. The quantitative estimate of drug-likeness (QED) is 0.319. The third-order valence-corrected chi connectivity index (χ3v) is 7.00. The molecule has 0 saturated carbocycles. The number of benzene rings is 2. The van der Waals surface area contributed by atoms with Crippen LogP contribution in [0.4, 0.5) is 5.82 Å². The Morgan fingerprint density at radius 3 is 2.39 bits per heavy atom. The van der Waals surface area contributed by atoms with Gasteiger partial charge in [0.2, 0.25) is 0 Å². The van der Waals surface area contributed by atoms with E-state index < -0.39 is 0 Å². The summed E-state index contributed by atoms with van der Waals surface area (Å²) < 4.78 is 10.9. The molecular weight excluding hydrogens is 456 g/mol. The number of rotatable bonds is 8. The van der Waals surface area contributed by atoms with E-state index in [4.69, 9.17) is 21.1 Å². The van der Waals surface area contributed by atoms with Crippen molar-refractivity contribution in [1.82, 2.24) is 15.1 Å². The van der Waals surface area contributed by atoms with Crippen molar-refractivity contribution in [3.63, 3.8) is 0 Å². The van der Waals surface area contributed by atoms with Gasteiger partial charge in [-0.25, -0.2) is 0 Å². The number of hydrogen-bond acceptors (Lipinski definition) is 7. The second-order valence-electron chi connectivity index (χ2n) is 8.06. The lowest BCUT2D eigenvalue weighted by molar-refractivity contribution is 0.356. The SMILES string of the molecule is COc1cc2c(Cl)nnc(NC(C)c3ccc(-c4ccccc4CN(C)C)s3)c2cc1OC. The molecule has 0 spiro atoms. The summed E-state index contributed by atoms with van der Waals surface area (Å²) in [5.74, 6) is 1.85. The molecule has 1 atom stereocenters. The maximum atomic E-state index is 6.33. The number of hydrogen-bond donors (Lipinski definition) is 1. The predicted octanol–water partition coefficient (Wildman–Crippen LogP) is 6.26. The van der Waals surface area contributed by atoms with Gasteiger partial charge in [0, 0.05) is 27.1 Å². The molecule has 1 unspecified atom stereocenters. The van der Waals surface area contributed by atoms with E-state index in [1.54, 1.807) is 25.6 Å². The highest BCUT2D eigenvalue weighted by molar-refractivity contribution is 7.15. The van der Waals surface area contributed by atoms with Gasteiger partial charge in [-0.1, -0.05) is 35.9 Å². The van der Waals surface area contributed by atoms with Gasteiger partial charge in [-0.3, -0.25) is 0 Å². The zero-order valence-electron chi connectivity index (χ0n) is 19.3. The number of nitrogens with one attached hydrogen (secondary N) is 1. The van der Waals surface area contributed by atoms with Crippen LogP contribution in [0.15, 0.2) is 48.5 Å². The maximum Gasteiger partial charge on any atom is 0.161 e. The Kier molecular flexibility index (Phi) is 7.02. The number of aromatic nitrogens is 2. The van der Waals surface area contributed by atoms with Crippen LogP contribution in [-0.4, -0.2) is 43.4 Å². The van der Waals surface area contributed by atoms with Gasteiger partial charge in [0.15, 0.2) is 22.5 Å². The first kappa shape index (κ1) is 23.3. The minimum atomic E-state index is 0.0246. The minimum absolute atomic E-state index is 0.0246. The van der Waals surface area contributed by atoms with Gasteiger partial charge in [0.05, 0.1) is 20.3 Å². The number of halogens is 1. The fourth-order valence-electron chi connectivity index (χ4n) is 3.80. The largest absolute Gasteiger partial charge is 0.493 e. The van der Waals surface area contributed by atoms with Crippen LogP contribution >= 0.6 is 22.9 Å². The monoisotopic (exact) mass is 482 g/mol. The van der Waals surface area contributed by atoms with Crippen LogP contribution in [0.3, 0.4) is 0 Å². The van der Waals surface area contributed by atoms with Crippen molar-refractivity contribution >= 4 is 39.5 Å². The fraction of sp³-hybridized carbons (Fsp3) is 0.280. The zero-order chi connectivity index (χ0) is 23.5. The van der Waals surface area contributed by atoms with Crippen molar-refractivity contribution in [2.75, 3.05) is 33.6 Å². The molecule has 2 aromatic carbocycles. The summed E-state index contributed by atoms with van der Waals surface area (Å²) in [6.45, 7) is 3.01. The number of thiophene rings is 1. The second kappa shape index (κ2) is 9.95. The maximum absolute atomic E-state index is 6.33. The van der Waals surface area contributed by atoms with E-state index in [0.717, 1.165) is 17.3 Å². The first-order valence-corrected chi connectivity index (χ1v) is 11.8. The van der Waals surface area contributed by atoms with E-state index >= 15 is 0 Å². The molecule has 33 heavy (non-hydrogen) atoms. The molecule has 2 aromatic heterocycles. The highest BCUT2D eigenvalue weighted by Crippen LogP contribution is 2.39. The van der Waals surface area contributed by atoms with Gasteiger partial charge in [-0.2, -0.15) is 0 Å². The summed E-state index contributed by atoms with van der Waals surface area (Å²) in [6, 6.07) is 16.6. The van der Waals surface area contributed by atoms with Gasteiger partial charge < -0.3 is 19.7 Å². The molecular formula is C25H27ClN4O2S. The normalized spacial score (nSPS) is 12.2. The molecule has 6 nitrogen and oxygen atoms in total. The molecule has 0 saturated heterocycles. The topological polar surface area (TPSA) is 59.5 Å². The molecule has 0 aliphatic rings. The molecule has 0 aliphatic carbocycles. The number of fused-ring (bicyclic) bond motifs is 1. The molecule has 4 aromatic rings. The van der Waals surface area contributed by atoms with Crippen molar-refractivity contribution in [3.05, 3.63) is 64.1 Å². The standard InChI is InChI=1S/C25H27ClN4O2S/c1-15(22-10-11-23(33-22)17-9-7-6-8-16(17)14-30(2)3)27-25-19-13-21(32-5)20(31-4)12-18(19)24(26)28-29-25/h6-13,15H,14H2,1-5H3,(H,27,29). The third kappa shape index (κ3) is 4.90. The number of nitrogens with zero attached hydrogens (tertiary/aromatic N) is 3. The summed E-state index contributed by atoms with van der Waals surface area (Å²) >= 11 is 8.11. The minimum Gasteiger partial charge on any atom is -0.493 e. The number of ether oxygens (including phenoxy) is 2. The van der Waals surface area contributed by atoms with E-state index in [0.29, 0.717) is 22.5 Å².